The van der Waals surface area contributed by atoms with E-state index in [0.29, 0.717) is 6.42 Å². The Morgan fingerprint density at radius 3 is 2.81 bits per heavy atom. The van der Waals surface area contributed by atoms with Crippen LogP contribution in [0.25, 0.3) is 0 Å². The lowest BCUT2D eigenvalue weighted by Gasteiger charge is -2.08. The van der Waals surface area contributed by atoms with Crippen LogP contribution in [0.2, 0.25) is 0 Å². The molecule has 1 heterocycles. The van der Waals surface area contributed by atoms with Crippen LogP contribution in [0.1, 0.15) is 13.3 Å². The summed E-state index contributed by atoms with van der Waals surface area (Å²) in [5.74, 6) is -0.195. The fraction of sp³-hybridized carbons (Fsp3) is 0.500. The number of methoxy groups -OCH3 is 1. The zero-order chi connectivity index (χ0) is 12.0. The summed E-state index contributed by atoms with van der Waals surface area (Å²) < 4.78 is 4.61. The summed E-state index contributed by atoms with van der Waals surface area (Å²) in [6.07, 6.45) is 3.90. The van der Waals surface area contributed by atoms with Gasteiger partial charge >= 0.3 is 5.97 Å². The molecule has 0 N–H and O–H groups in total. The minimum atomic E-state index is -0.195. The minimum Gasteiger partial charge on any atom is -0.469 e. The van der Waals surface area contributed by atoms with Crippen LogP contribution in [0, 0.1) is 0 Å². The first-order valence-corrected chi connectivity index (χ1v) is 6.85. The quantitative estimate of drug-likeness (QED) is 0.458. The van der Waals surface area contributed by atoms with Crippen molar-refractivity contribution in [2.75, 3.05) is 13.4 Å². The molecule has 0 aromatic carbocycles. The molecular weight excluding hydrogens is 244 g/mol. The van der Waals surface area contributed by atoms with Gasteiger partial charge in [-0.1, -0.05) is 6.92 Å². The van der Waals surface area contributed by atoms with Crippen molar-refractivity contribution < 1.29 is 9.53 Å². The SMILES string of the molecule is COC(=O)CC(C)Sc1cc(SC)ncn1. The Balaban J connectivity index is 2.55. The van der Waals surface area contributed by atoms with E-state index in [0.717, 1.165) is 10.1 Å². The maximum absolute atomic E-state index is 11.1. The molecule has 0 bridgehead atoms. The summed E-state index contributed by atoms with van der Waals surface area (Å²) >= 11 is 3.12. The van der Waals surface area contributed by atoms with Gasteiger partial charge in [0.15, 0.2) is 0 Å². The van der Waals surface area contributed by atoms with E-state index >= 15 is 0 Å². The van der Waals surface area contributed by atoms with Gasteiger partial charge in [-0.05, 0) is 6.26 Å². The molecule has 0 radical (unpaired) electrons. The molecular formula is C10H14N2O2S2. The lowest BCUT2D eigenvalue weighted by molar-refractivity contribution is -0.140. The molecule has 6 heteroatoms. The highest BCUT2D eigenvalue weighted by Crippen LogP contribution is 2.25. The Hall–Kier alpha value is -0.750. The molecule has 0 fully saturated rings. The van der Waals surface area contributed by atoms with Crippen molar-refractivity contribution in [1.29, 1.82) is 0 Å². The van der Waals surface area contributed by atoms with Gasteiger partial charge in [-0.15, -0.1) is 23.5 Å². The first-order valence-electron chi connectivity index (χ1n) is 4.75. The van der Waals surface area contributed by atoms with Crippen molar-refractivity contribution in [3.63, 3.8) is 0 Å². The Morgan fingerprint density at radius 2 is 2.19 bits per heavy atom. The van der Waals surface area contributed by atoms with E-state index in [-0.39, 0.29) is 11.2 Å². The third kappa shape index (κ3) is 4.40. The number of aromatic nitrogens is 2. The maximum Gasteiger partial charge on any atom is 0.306 e. The second-order valence-electron chi connectivity index (χ2n) is 3.11. The molecule has 0 spiro atoms. The normalized spacial score (nSPS) is 12.2. The van der Waals surface area contributed by atoms with E-state index in [1.54, 1.807) is 29.9 Å². The molecule has 0 saturated heterocycles. The zero-order valence-corrected chi connectivity index (χ0v) is 11.1. The van der Waals surface area contributed by atoms with Crippen LogP contribution in [-0.4, -0.2) is 34.6 Å². The molecule has 0 amide bonds. The summed E-state index contributed by atoms with van der Waals surface area (Å²) in [6.45, 7) is 1.97. The fourth-order valence-electron chi connectivity index (χ4n) is 1.06. The van der Waals surface area contributed by atoms with E-state index in [4.69, 9.17) is 0 Å². The van der Waals surface area contributed by atoms with Crippen LogP contribution in [0.4, 0.5) is 0 Å². The van der Waals surface area contributed by atoms with Crippen LogP contribution in [-0.2, 0) is 9.53 Å². The Morgan fingerprint density at radius 1 is 1.50 bits per heavy atom. The molecule has 1 aromatic heterocycles. The first-order chi connectivity index (χ1) is 7.65. The summed E-state index contributed by atoms with van der Waals surface area (Å²) in [5.41, 5.74) is 0. The van der Waals surface area contributed by atoms with E-state index in [1.165, 1.54) is 7.11 Å². The van der Waals surface area contributed by atoms with Crippen LogP contribution in [0.3, 0.4) is 0 Å². The molecule has 88 valence electrons. The number of thioether (sulfide) groups is 2. The largest absolute Gasteiger partial charge is 0.469 e. The average molecular weight is 258 g/mol. The second-order valence-corrected chi connectivity index (χ2v) is 5.39. The number of hydrogen-bond acceptors (Lipinski definition) is 6. The number of esters is 1. The maximum atomic E-state index is 11.1. The molecule has 1 unspecified atom stereocenters. The minimum absolute atomic E-state index is 0.150. The summed E-state index contributed by atoms with van der Waals surface area (Å²) in [7, 11) is 1.40. The van der Waals surface area contributed by atoms with Crippen molar-refractivity contribution in [2.24, 2.45) is 0 Å². The highest BCUT2D eigenvalue weighted by Gasteiger charge is 2.11. The molecule has 1 rings (SSSR count). The number of carbonyl (C=O) groups is 1. The van der Waals surface area contributed by atoms with Crippen LogP contribution < -0.4 is 0 Å². The van der Waals surface area contributed by atoms with E-state index in [9.17, 15) is 4.79 Å². The first kappa shape index (κ1) is 13.3. The average Bonchev–Trinajstić information content (AvgIpc) is 2.28. The molecule has 1 atom stereocenters. The Labute approximate surface area is 104 Å². The Kier molecular flexibility index (Phi) is 5.62. The monoisotopic (exact) mass is 258 g/mol. The van der Waals surface area contributed by atoms with Crippen LogP contribution in [0.5, 0.6) is 0 Å². The molecule has 16 heavy (non-hydrogen) atoms. The second kappa shape index (κ2) is 6.75. The molecule has 0 saturated carbocycles. The van der Waals surface area contributed by atoms with Crippen molar-refractivity contribution in [3.8, 4) is 0 Å². The fourth-order valence-corrected chi connectivity index (χ4v) is 2.44. The van der Waals surface area contributed by atoms with E-state index < -0.39 is 0 Å². The van der Waals surface area contributed by atoms with Gasteiger partial charge in [0.1, 0.15) is 16.4 Å². The highest BCUT2D eigenvalue weighted by molar-refractivity contribution is 8.00. The molecule has 0 aliphatic heterocycles. The Bertz CT molecular complexity index is 360. The van der Waals surface area contributed by atoms with Gasteiger partial charge in [0, 0.05) is 11.3 Å². The smallest absolute Gasteiger partial charge is 0.306 e. The van der Waals surface area contributed by atoms with Gasteiger partial charge in [0.25, 0.3) is 0 Å². The number of nitrogens with zero attached hydrogens (tertiary/aromatic N) is 2. The van der Waals surface area contributed by atoms with Crippen molar-refractivity contribution in [2.45, 2.75) is 28.6 Å². The summed E-state index contributed by atoms with van der Waals surface area (Å²) in [5, 5.41) is 1.97. The molecule has 0 aliphatic rings. The van der Waals surface area contributed by atoms with E-state index in [2.05, 4.69) is 14.7 Å². The lowest BCUT2D eigenvalue weighted by Crippen LogP contribution is -2.08. The topological polar surface area (TPSA) is 52.1 Å². The number of carbonyl (C=O) groups excluding carboxylic acids is 1. The zero-order valence-electron chi connectivity index (χ0n) is 9.47. The van der Waals surface area contributed by atoms with E-state index in [1.807, 2.05) is 19.2 Å². The number of rotatable bonds is 5. The number of ether oxygens (including phenoxy) is 1. The van der Waals surface area contributed by atoms with Gasteiger partial charge in [-0.3, -0.25) is 4.79 Å². The summed E-state index contributed by atoms with van der Waals surface area (Å²) in [6, 6.07) is 1.92. The highest BCUT2D eigenvalue weighted by atomic mass is 32.2. The van der Waals surface area contributed by atoms with Crippen molar-refractivity contribution >= 4 is 29.5 Å². The standard InChI is InChI=1S/C10H14N2O2S2/c1-7(4-10(13)14-2)16-9-5-8(15-3)11-6-12-9/h5-7H,4H2,1-3H3. The predicted molar refractivity (Wildman–Crippen MR) is 65.8 cm³/mol. The third-order valence-corrected chi connectivity index (χ3v) is 3.51. The lowest BCUT2D eigenvalue weighted by atomic mass is 10.3. The van der Waals surface area contributed by atoms with Crippen LogP contribution in [0.15, 0.2) is 22.4 Å². The van der Waals surface area contributed by atoms with Crippen LogP contribution >= 0.6 is 23.5 Å². The predicted octanol–water partition coefficient (Wildman–Crippen LogP) is 2.24. The van der Waals surface area contributed by atoms with Gasteiger partial charge in [0.05, 0.1) is 13.5 Å². The third-order valence-electron chi connectivity index (χ3n) is 1.83. The summed E-state index contributed by atoms with van der Waals surface area (Å²) in [4.78, 5) is 19.3. The molecule has 1 aromatic rings. The number of hydrogen-bond donors (Lipinski definition) is 0. The van der Waals surface area contributed by atoms with Gasteiger partial charge in [-0.2, -0.15) is 0 Å². The molecule has 0 aliphatic carbocycles. The van der Waals surface area contributed by atoms with Crippen molar-refractivity contribution in [3.05, 3.63) is 12.4 Å². The van der Waals surface area contributed by atoms with Gasteiger partial charge in [-0.25, -0.2) is 9.97 Å². The van der Waals surface area contributed by atoms with Crippen molar-refractivity contribution in [1.82, 2.24) is 9.97 Å². The van der Waals surface area contributed by atoms with Gasteiger partial charge < -0.3 is 4.74 Å². The molecule has 4 nitrogen and oxygen atoms in total. The van der Waals surface area contributed by atoms with Gasteiger partial charge in [0.2, 0.25) is 0 Å².